The average Bonchev–Trinajstić information content (AvgIpc) is 3.18. The molecule has 1 heterocycles. The number of anilines is 1. The van der Waals surface area contributed by atoms with Crippen LogP contribution < -0.4 is 10.6 Å². The Hall–Kier alpha value is -2.39. The molecular formula is C20H14BrIN2O3. The minimum Gasteiger partial charge on any atom is -0.459 e. The fourth-order valence-corrected chi connectivity index (χ4v) is 3.02. The molecule has 2 N–H and O–H groups in total. The Morgan fingerprint density at radius 2 is 1.81 bits per heavy atom. The maximum absolute atomic E-state index is 12.8. The lowest BCUT2D eigenvalue weighted by Gasteiger charge is -2.11. The van der Waals surface area contributed by atoms with E-state index in [4.69, 9.17) is 4.42 Å². The maximum atomic E-state index is 12.8. The predicted octanol–water partition coefficient (Wildman–Crippen LogP) is 5.06. The lowest BCUT2D eigenvalue weighted by Crippen LogP contribution is -2.30. The van der Waals surface area contributed by atoms with E-state index in [1.807, 2.05) is 36.4 Å². The third kappa shape index (κ3) is 5.54. The van der Waals surface area contributed by atoms with E-state index in [0.29, 0.717) is 5.69 Å². The van der Waals surface area contributed by atoms with Crippen LogP contribution in [0, 0.1) is 3.57 Å². The molecule has 27 heavy (non-hydrogen) atoms. The predicted molar refractivity (Wildman–Crippen MR) is 116 cm³/mol. The van der Waals surface area contributed by atoms with Crippen LogP contribution in [-0.4, -0.2) is 11.8 Å². The highest BCUT2D eigenvalue weighted by Crippen LogP contribution is 2.16. The smallest absolute Gasteiger partial charge is 0.291 e. The SMILES string of the molecule is O=C(Nc1ccc(I)cc1)C(=Cc1cccc(Br)c1)NC(=O)c1ccco1. The highest BCUT2D eigenvalue weighted by Gasteiger charge is 2.16. The summed E-state index contributed by atoms with van der Waals surface area (Å²) in [6.45, 7) is 0. The van der Waals surface area contributed by atoms with Gasteiger partial charge in [-0.1, -0.05) is 28.1 Å². The molecule has 3 aromatic rings. The summed E-state index contributed by atoms with van der Waals surface area (Å²) in [5, 5.41) is 5.41. The van der Waals surface area contributed by atoms with Crippen LogP contribution in [0.4, 0.5) is 5.69 Å². The Labute approximate surface area is 178 Å². The molecule has 0 saturated heterocycles. The van der Waals surface area contributed by atoms with Crippen molar-refractivity contribution in [1.82, 2.24) is 5.32 Å². The first kappa shape index (κ1) is 19.4. The van der Waals surface area contributed by atoms with Gasteiger partial charge in [0.2, 0.25) is 0 Å². The topological polar surface area (TPSA) is 71.3 Å². The molecule has 0 aliphatic heterocycles. The number of benzene rings is 2. The van der Waals surface area contributed by atoms with Gasteiger partial charge in [-0.25, -0.2) is 0 Å². The van der Waals surface area contributed by atoms with Crippen molar-refractivity contribution in [2.24, 2.45) is 0 Å². The fraction of sp³-hybridized carbons (Fsp3) is 0. The summed E-state index contributed by atoms with van der Waals surface area (Å²) in [7, 11) is 0. The van der Waals surface area contributed by atoms with E-state index >= 15 is 0 Å². The van der Waals surface area contributed by atoms with Crippen molar-refractivity contribution in [3.8, 4) is 0 Å². The van der Waals surface area contributed by atoms with Crippen molar-refractivity contribution in [3.05, 3.63) is 92.0 Å². The summed E-state index contributed by atoms with van der Waals surface area (Å²) in [6, 6.07) is 17.9. The van der Waals surface area contributed by atoms with Crippen LogP contribution in [0.15, 0.2) is 81.5 Å². The minimum absolute atomic E-state index is 0.105. The number of carbonyl (C=O) groups excluding carboxylic acids is 2. The molecule has 3 rings (SSSR count). The lowest BCUT2D eigenvalue weighted by atomic mass is 10.2. The Bertz CT molecular complexity index is 983. The van der Waals surface area contributed by atoms with Crippen LogP contribution in [0.1, 0.15) is 16.1 Å². The van der Waals surface area contributed by atoms with Crippen molar-refractivity contribution in [1.29, 1.82) is 0 Å². The van der Waals surface area contributed by atoms with Crippen molar-refractivity contribution < 1.29 is 14.0 Å². The van der Waals surface area contributed by atoms with E-state index in [0.717, 1.165) is 13.6 Å². The fourth-order valence-electron chi connectivity index (χ4n) is 2.24. The highest BCUT2D eigenvalue weighted by molar-refractivity contribution is 14.1. The van der Waals surface area contributed by atoms with Crippen molar-refractivity contribution in [2.45, 2.75) is 0 Å². The first-order valence-electron chi connectivity index (χ1n) is 7.90. The van der Waals surface area contributed by atoms with Crippen LogP contribution in [0.2, 0.25) is 0 Å². The number of hydrogen-bond donors (Lipinski definition) is 2. The normalized spacial score (nSPS) is 11.1. The summed E-state index contributed by atoms with van der Waals surface area (Å²) in [5.74, 6) is -0.813. The largest absolute Gasteiger partial charge is 0.459 e. The monoisotopic (exact) mass is 536 g/mol. The molecule has 2 amide bonds. The Morgan fingerprint density at radius 3 is 2.48 bits per heavy atom. The van der Waals surface area contributed by atoms with E-state index in [9.17, 15) is 9.59 Å². The molecule has 0 saturated carbocycles. The molecule has 0 aliphatic carbocycles. The zero-order valence-corrected chi connectivity index (χ0v) is 17.7. The lowest BCUT2D eigenvalue weighted by molar-refractivity contribution is -0.113. The molecule has 0 spiro atoms. The number of halogens is 2. The average molecular weight is 537 g/mol. The molecule has 5 nitrogen and oxygen atoms in total. The van der Waals surface area contributed by atoms with Crippen LogP contribution >= 0.6 is 38.5 Å². The number of rotatable bonds is 5. The van der Waals surface area contributed by atoms with E-state index in [1.54, 1.807) is 24.3 Å². The second-order valence-electron chi connectivity index (χ2n) is 5.51. The zero-order chi connectivity index (χ0) is 19.2. The van der Waals surface area contributed by atoms with Gasteiger partial charge in [-0.3, -0.25) is 9.59 Å². The minimum atomic E-state index is -0.501. The van der Waals surface area contributed by atoms with Crippen molar-refractivity contribution in [3.63, 3.8) is 0 Å². The van der Waals surface area contributed by atoms with Gasteiger partial charge < -0.3 is 15.1 Å². The second-order valence-corrected chi connectivity index (χ2v) is 7.67. The molecule has 0 aliphatic rings. The number of nitrogens with one attached hydrogen (secondary N) is 2. The molecule has 1 aromatic heterocycles. The van der Waals surface area contributed by atoms with Gasteiger partial charge in [-0.15, -0.1) is 0 Å². The highest BCUT2D eigenvalue weighted by atomic mass is 127. The van der Waals surface area contributed by atoms with Gasteiger partial charge in [0.1, 0.15) is 5.70 Å². The van der Waals surface area contributed by atoms with E-state index < -0.39 is 11.8 Å². The number of furan rings is 1. The van der Waals surface area contributed by atoms with Crippen LogP contribution in [0.25, 0.3) is 6.08 Å². The van der Waals surface area contributed by atoms with Gasteiger partial charge in [0, 0.05) is 13.7 Å². The van der Waals surface area contributed by atoms with Crippen LogP contribution in [0.3, 0.4) is 0 Å². The van der Waals surface area contributed by atoms with E-state index in [1.165, 1.54) is 12.3 Å². The molecule has 0 radical (unpaired) electrons. The quantitative estimate of drug-likeness (QED) is 0.354. The second kappa shape index (κ2) is 9.01. The van der Waals surface area contributed by atoms with E-state index in [2.05, 4.69) is 49.2 Å². The summed E-state index contributed by atoms with van der Waals surface area (Å²) < 4.78 is 7.02. The van der Waals surface area contributed by atoms with Gasteiger partial charge >= 0.3 is 0 Å². The zero-order valence-electron chi connectivity index (χ0n) is 13.9. The Balaban J connectivity index is 1.87. The third-order valence-electron chi connectivity index (χ3n) is 3.50. The summed E-state index contributed by atoms with van der Waals surface area (Å²) >= 11 is 5.59. The van der Waals surface area contributed by atoms with Crippen LogP contribution in [0.5, 0.6) is 0 Å². The first-order chi connectivity index (χ1) is 13.0. The van der Waals surface area contributed by atoms with Gasteiger partial charge in [-0.05, 0) is 82.8 Å². The van der Waals surface area contributed by atoms with Crippen molar-refractivity contribution in [2.75, 3.05) is 5.32 Å². The Morgan fingerprint density at radius 1 is 1.04 bits per heavy atom. The van der Waals surface area contributed by atoms with Gasteiger partial charge in [-0.2, -0.15) is 0 Å². The van der Waals surface area contributed by atoms with Gasteiger partial charge in [0.25, 0.3) is 11.8 Å². The van der Waals surface area contributed by atoms with Crippen molar-refractivity contribution >= 4 is 62.1 Å². The number of hydrogen-bond acceptors (Lipinski definition) is 3. The molecule has 0 atom stereocenters. The molecule has 2 aromatic carbocycles. The molecule has 136 valence electrons. The van der Waals surface area contributed by atoms with Gasteiger partial charge in [0.05, 0.1) is 6.26 Å². The Kier molecular flexibility index (Phi) is 6.46. The molecule has 0 fully saturated rings. The molecule has 0 bridgehead atoms. The number of amides is 2. The van der Waals surface area contributed by atoms with Gasteiger partial charge in [0.15, 0.2) is 5.76 Å². The molecule has 0 unspecified atom stereocenters. The molecule has 7 heteroatoms. The van der Waals surface area contributed by atoms with Crippen LogP contribution in [-0.2, 0) is 4.79 Å². The summed E-state index contributed by atoms with van der Waals surface area (Å²) in [6.07, 6.45) is 3.01. The standard InChI is InChI=1S/C20H14BrIN2O3/c21-14-4-1-3-13(11-14)12-17(24-20(26)18-5-2-10-27-18)19(25)23-16-8-6-15(22)7-9-16/h1-12H,(H,23,25)(H,24,26). The van der Waals surface area contributed by atoms with E-state index in [-0.39, 0.29) is 11.5 Å². The summed E-state index contributed by atoms with van der Waals surface area (Å²) in [4.78, 5) is 25.1. The first-order valence-corrected chi connectivity index (χ1v) is 9.77. The third-order valence-corrected chi connectivity index (χ3v) is 4.71. The summed E-state index contributed by atoms with van der Waals surface area (Å²) in [5.41, 5.74) is 1.50. The molecular weight excluding hydrogens is 523 g/mol. The number of carbonyl (C=O) groups is 2. The maximum Gasteiger partial charge on any atom is 0.291 e.